The molecule has 1 aliphatic rings. The van der Waals surface area contributed by atoms with E-state index in [1.807, 2.05) is 0 Å². The number of likely N-dealkylation sites (tertiary alicyclic amines) is 1. The third-order valence-electron chi connectivity index (χ3n) is 4.08. The van der Waals surface area contributed by atoms with Crippen LogP contribution in [-0.2, 0) is 0 Å². The Morgan fingerprint density at radius 3 is 2.29 bits per heavy atom. The fourth-order valence-electron chi connectivity index (χ4n) is 2.90. The van der Waals surface area contributed by atoms with E-state index in [1.165, 1.54) is 32.5 Å². The standard InChI is InChI=1S/C15H32N2/c1-6-16-11-15(4,5)12-17-9-7-14(8-10-17)13(2)3/h13-14,16H,6-12H2,1-5H3. The molecule has 1 aliphatic heterocycles. The Bertz CT molecular complexity index is 203. The lowest BCUT2D eigenvalue weighted by atomic mass is 9.85. The van der Waals surface area contributed by atoms with Crippen molar-refractivity contribution in [2.75, 3.05) is 32.7 Å². The minimum atomic E-state index is 0.403. The van der Waals surface area contributed by atoms with Gasteiger partial charge in [0.2, 0.25) is 0 Å². The van der Waals surface area contributed by atoms with E-state index >= 15 is 0 Å². The molecule has 0 unspecified atom stereocenters. The molecule has 0 amide bonds. The number of hydrogen-bond donors (Lipinski definition) is 1. The van der Waals surface area contributed by atoms with Crippen molar-refractivity contribution >= 4 is 0 Å². The van der Waals surface area contributed by atoms with Gasteiger partial charge in [-0.3, -0.25) is 0 Å². The van der Waals surface area contributed by atoms with Gasteiger partial charge in [-0.05, 0) is 49.7 Å². The maximum Gasteiger partial charge on any atom is 0.00448 e. The molecular weight excluding hydrogens is 208 g/mol. The van der Waals surface area contributed by atoms with E-state index in [0.717, 1.165) is 24.9 Å². The molecule has 17 heavy (non-hydrogen) atoms. The number of nitrogens with one attached hydrogen (secondary N) is 1. The summed E-state index contributed by atoms with van der Waals surface area (Å²) in [4.78, 5) is 2.66. The highest BCUT2D eigenvalue weighted by Gasteiger charge is 2.26. The molecule has 0 aliphatic carbocycles. The SMILES string of the molecule is CCNCC(C)(C)CN1CCC(C(C)C)CC1. The van der Waals surface area contributed by atoms with Gasteiger partial charge in [-0.25, -0.2) is 0 Å². The molecule has 1 N–H and O–H groups in total. The molecule has 1 fully saturated rings. The van der Waals surface area contributed by atoms with Crippen LogP contribution in [0.1, 0.15) is 47.5 Å². The maximum absolute atomic E-state index is 3.48. The predicted octanol–water partition coefficient (Wildman–Crippen LogP) is 2.99. The van der Waals surface area contributed by atoms with Crippen molar-refractivity contribution in [3.63, 3.8) is 0 Å². The Balaban J connectivity index is 2.29. The monoisotopic (exact) mass is 240 g/mol. The molecular formula is C15H32N2. The third-order valence-corrected chi connectivity index (χ3v) is 4.08. The average Bonchev–Trinajstić information content (AvgIpc) is 2.26. The molecule has 0 aromatic carbocycles. The van der Waals surface area contributed by atoms with E-state index in [4.69, 9.17) is 0 Å². The van der Waals surface area contributed by atoms with Crippen LogP contribution in [0, 0.1) is 17.3 Å². The van der Waals surface area contributed by atoms with Crippen molar-refractivity contribution in [2.45, 2.75) is 47.5 Å². The molecule has 1 heterocycles. The molecule has 102 valence electrons. The zero-order valence-corrected chi connectivity index (χ0v) is 12.6. The summed E-state index contributed by atoms with van der Waals surface area (Å²) in [5, 5.41) is 3.48. The fourth-order valence-corrected chi connectivity index (χ4v) is 2.90. The third kappa shape index (κ3) is 5.39. The lowest BCUT2D eigenvalue weighted by Gasteiger charge is -2.38. The van der Waals surface area contributed by atoms with Crippen LogP contribution in [0.25, 0.3) is 0 Å². The zero-order valence-electron chi connectivity index (χ0n) is 12.6. The van der Waals surface area contributed by atoms with Crippen LogP contribution in [0.15, 0.2) is 0 Å². The van der Waals surface area contributed by atoms with Gasteiger partial charge in [-0.1, -0.05) is 34.6 Å². The fraction of sp³-hybridized carbons (Fsp3) is 1.00. The molecule has 0 bridgehead atoms. The normalized spacial score (nSPS) is 20.1. The largest absolute Gasteiger partial charge is 0.316 e. The molecule has 0 aromatic heterocycles. The van der Waals surface area contributed by atoms with E-state index in [-0.39, 0.29) is 0 Å². The minimum Gasteiger partial charge on any atom is -0.316 e. The lowest BCUT2D eigenvalue weighted by Crippen LogP contribution is -2.44. The van der Waals surface area contributed by atoms with Gasteiger partial charge in [0.05, 0.1) is 0 Å². The summed E-state index contributed by atoms with van der Waals surface area (Å²) < 4.78 is 0. The highest BCUT2D eigenvalue weighted by atomic mass is 15.1. The highest BCUT2D eigenvalue weighted by Crippen LogP contribution is 2.26. The van der Waals surface area contributed by atoms with Crippen LogP contribution in [0.5, 0.6) is 0 Å². The Morgan fingerprint density at radius 1 is 1.24 bits per heavy atom. The summed E-state index contributed by atoms with van der Waals surface area (Å²) >= 11 is 0. The number of nitrogens with zero attached hydrogens (tertiary/aromatic N) is 1. The van der Waals surface area contributed by atoms with Crippen LogP contribution in [0.4, 0.5) is 0 Å². The second-order valence-corrected chi connectivity index (χ2v) is 6.80. The first-order valence-electron chi connectivity index (χ1n) is 7.37. The minimum absolute atomic E-state index is 0.403. The van der Waals surface area contributed by atoms with Gasteiger partial charge < -0.3 is 10.2 Å². The lowest BCUT2D eigenvalue weighted by molar-refractivity contribution is 0.113. The smallest absolute Gasteiger partial charge is 0.00448 e. The predicted molar refractivity (Wildman–Crippen MR) is 76.3 cm³/mol. The van der Waals surface area contributed by atoms with Gasteiger partial charge in [0.25, 0.3) is 0 Å². The first-order chi connectivity index (χ1) is 7.94. The summed E-state index contributed by atoms with van der Waals surface area (Å²) in [6.07, 6.45) is 2.80. The molecule has 1 saturated heterocycles. The van der Waals surface area contributed by atoms with Crippen molar-refractivity contribution in [1.82, 2.24) is 10.2 Å². The molecule has 0 atom stereocenters. The van der Waals surface area contributed by atoms with Crippen LogP contribution in [0.2, 0.25) is 0 Å². The van der Waals surface area contributed by atoms with Crippen molar-refractivity contribution in [2.24, 2.45) is 17.3 Å². The van der Waals surface area contributed by atoms with Crippen molar-refractivity contribution < 1.29 is 0 Å². The maximum atomic E-state index is 3.48. The molecule has 0 saturated carbocycles. The van der Waals surface area contributed by atoms with Crippen LogP contribution in [0.3, 0.4) is 0 Å². The highest BCUT2D eigenvalue weighted by molar-refractivity contribution is 4.80. The van der Waals surface area contributed by atoms with Crippen molar-refractivity contribution in [3.05, 3.63) is 0 Å². The quantitative estimate of drug-likeness (QED) is 0.768. The summed E-state index contributed by atoms with van der Waals surface area (Å²) in [6.45, 7) is 17.7. The van der Waals surface area contributed by atoms with Crippen LogP contribution < -0.4 is 5.32 Å². The van der Waals surface area contributed by atoms with Gasteiger partial charge in [0.1, 0.15) is 0 Å². The van der Waals surface area contributed by atoms with Gasteiger partial charge in [0, 0.05) is 13.1 Å². The summed E-state index contributed by atoms with van der Waals surface area (Å²) in [5.41, 5.74) is 0.403. The summed E-state index contributed by atoms with van der Waals surface area (Å²) in [7, 11) is 0. The van der Waals surface area contributed by atoms with Crippen molar-refractivity contribution in [3.8, 4) is 0 Å². The Morgan fingerprint density at radius 2 is 1.82 bits per heavy atom. The van der Waals surface area contributed by atoms with E-state index in [1.54, 1.807) is 0 Å². The first kappa shape index (κ1) is 15.0. The second-order valence-electron chi connectivity index (χ2n) is 6.80. The topological polar surface area (TPSA) is 15.3 Å². The number of rotatable bonds is 6. The summed E-state index contributed by atoms with van der Waals surface area (Å²) in [5.74, 6) is 1.83. The molecule has 2 heteroatoms. The average molecular weight is 240 g/mol. The molecule has 0 spiro atoms. The molecule has 2 nitrogen and oxygen atoms in total. The van der Waals surface area contributed by atoms with Gasteiger partial charge in [-0.2, -0.15) is 0 Å². The Kier molecular flexibility index (Phi) is 5.94. The van der Waals surface area contributed by atoms with E-state index < -0.39 is 0 Å². The Hall–Kier alpha value is -0.0800. The zero-order chi connectivity index (χ0) is 12.9. The van der Waals surface area contributed by atoms with Crippen molar-refractivity contribution in [1.29, 1.82) is 0 Å². The van der Waals surface area contributed by atoms with E-state index in [2.05, 4.69) is 44.8 Å². The van der Waals surface area contributed by atoms with E-state index in [0.29, 0.717) is 5.41 Å². The summed E-state index contributed by atoms with van der Waals surface area (Å²) in [6, 6.07) is 0. The number of piperidine rings is 1. The first-order valence-corrected chi connectivity index (χ1v) is 7.37. The van der Waals surface area contributed by atoms with Gasteiger partial charge in [0.15, 0.2) is 0 Å². The Labute approximate surface area is 108 Å². The molecule has 0 aromatic rings. The molecule has 1 rings (SSSR count). The number of hydrogen-bond acceptors (Lipinski definition) is 2. The molecule has 0 radical (unpaired) electrons. The van der Waals surface area contributed by atoms with E-state index in [9.17, 15) is 0 Å². The second kappa shape index (κ2) is 6.75. The van der Waals surface area contributed by atoms with Crippen LogP contribution in [-0.4, -0.2) is 37.6 Å². The van der Waals surface area contributed by atoms with Gasteiger partial charge in [-0.15, -0.1) is 0 Å². The van der Waals surface area contributed by atoms with Gasteiger partial charge >= 0.3 is 0 Å². The van der Waals surface area contributed by atoms with Crippen LogP contribution >= 0.6 is 0 Å².